The monoisotopic (exact) mass is 273 g/mol. The predicted octanol–water partition coefficient (Wildman–Crippen LogP) is 2.94. The lowest BCUT2D eigenvalue weighted by Gasteiger charge is -2.10. The van der Waals surface area contributed by atoms with E-state index in [0.717, 1.165) is 31.6 Å². The van der Waals surface area contributed by atoms with Crippen LogP contribution in [0.4, 0.5) is 5.69 Å². The van der Waals surface area contributed by atoms with E-state index in [9.17, 15) is 10.1 Å². The second-order valence-electron chi connectivity index (χ2n) is 4.73. The fourth-order valence-electron chi connectivity index (χ4n) is 2.08. The van der Waals surface area contributed by atoms with Crippen molar-refractivity contribution in [3.8, 4) is 0 Å². The van der Waals surface area contributed by atoms with Crippen molar-refractivity contribution >= 4 is 5.69 Å². The Hall–Kier alpha value is -2.14. The average Bonchev–Trinajstić information content (AvgIpc) is 2.87. The molecule has 0 saturated heterocycles. The van der Waals surface area contributed by atoms with E-state index in [1.807, 2.05) is 12.3 Å². The summed E-state index contributed by atoms with van der Waals surface area (Å²) >= 11 is 0. The van der Waals surface area contributed by atoms with Crippen LogP contribution in [-0.2, 0) is 13.1 Å². The predicted molar refractivity (Wildman–Crippen MR) is 78.6 cm³/mol. The minimum Gasteiger partial charge on any atom is -0.346 e. The van der Waals surface area contributed by atoms with E-state index in [4.69, 9.17) is 0 Å². The van der Waals surface area contributed by atoms with Gasteiger partial charge in [-0.05, 0) is 30.7 Å². The van der Waals surface area contributed by atoms with Gasteiger partial charge in [0.2, 0.25) is 0 Å². The Morgan fingerprint density at radius 3 is 2.65 bits per heavy atom. The first-order valence-electron chi connectivity index (χ1n) is 6.78. The van der Waals surface area contributed by atoms with E-state index in [2.05, 4.69) is 22.9 Å². The minimum absolute atomic E-state index is 0.131. The molecule has 0 spiro atoms. The minimum atomic E-state index is -0.375. The van der Waals surface area contributed by atoms with E-state index < -0.39 is 0 Å². The normalized spacial score (nSPS) is 10.7. The van der Waals surface area contributed by atoms with Gasteiger partial charge < -0.3 is 9.88 Å². The molecule has 20 heavy (non-hydrogen) atoms. The van der Waals surface area contributed by atoms with Crippen LogP contribution in [0.15, 0.2) is 42.6 Å². The van der Waals surface area contributed by atoms with E-state index in [-0.39, 0.29) is 10.6 Å². The van der Waals surface area contributed by atoms with Gasteiger partial charge in [0, 0.05) is 37.1 Å². The first-order valence-corrected chi connectivity index (χ1v) is 6.78. The third-order valence-corrected chi connectivity index (χ3v) is 3.16. The number of aromatic nitrogens is 1. The zero-order chi connectivity index (χ0) is 14.4. The van der Waals surface area contributed by atoms with Crippen LogP contribution in [0.2, 0.25) is 0 Å². The highest BCUT2D eigenvalue weighted by Crippen LogP contribution is 2.14. The van der Waals surface area contributed by atoms with E-state index >= 15 is 0 Å². The molecule has 2 rings (SSSR count). The SMILES string of the molecule is CCCNCc1cccn1Cc1ccc([N+](=O)[O-])cc1. The quantitative estimate of drug-likeness (QED) is 0.479. The van der Waals surface area contributed by atoms with Crippen LogP contribution >= 0.6 is 0 Å². The number of nitro groups is 1. The van der Waals surface area contributed by atoms with Crippen molar-refractivity contribution in [1.29, 1.82) is 0 Å². The molecule has 0 aliphatic heterocycles. The largest absolute Gasteiger partial charge is 0.346 e. The number of hydrogen-bond acceptors (Lipinski definition) is 3. The number of nitro benzene ring substituents is 1. The number of hydrogen-bond donors (Lipinski definition) is 1. The van der Waals surface area contributed by atoms with E-state index in [1.54, 1.807) is 24.3 Å². The molecule has 0 aliphatic carbocycles. The van der Waals surface area contributed by atoms with Gasteiger partial charge in [-0.2, -0.15) is 0 Å². The van der Waals surface area contributed by atoms with Crippen molar-refractivity contribution in [2.45, 2.75) is 26.4 Å². The summed E-state index contributed by atoms with van der Waals surface area (Å²) in [5.41, 5.74) is 2.41. The van der Waals surface area contributed by atoms with Crippen molar-refractivity contribution in [2.24, 2.45) is 0 Å². The Morgan fingerprint density at radius 2 is 2.00 bits per heavy atom. The number of rotatable bonds is 7. The van der Waals surface area contributed by atoms with Gasteiger partial charge in [0.15, 0.2) is 0 Å². The second-order valence-corrected chi connectivity index (χ2v) is 4.73. The summed E-state index contributed by atoms with van der Waals surface area (Å²) in [5.74, 6) is 0. The maximum absolute atomic E-state index is 10.6. The van der Waals surface area contributed by atoms with Gasteiger partial charge in [-0.25, -0.2) is 0 Å². The summed E-state index contributed by atoms with van der Waals surface area (Å²) < 4.78 is 2.16. The van der Waals surface area contributed by atoms with Crippen LogP contribution in [0, 0.1) is 10.1 Å². The standard InChI is InChI=1S/C15H19N3O2/c1-2-9-16-11-15-4-3-10-17(15)12-13-5-7-14(8-6-13)18(19)20/h3-8,10,16H,2,9,11-12H2,1H3. The molecule has 0 bridgehead atoms. The summed E-state index contributed by atoms with van der Waals surface area (Å²) in [6, 6.07) is 10.8. The third kappa shape index (κ3) is 3.68. The fourth-order valence-corrected chi connectivity index (χ4v) is 2.08. The van der Waals surface area contributed by atoms with Gasteiger partial charge in [-0.15, -0.1) is 0 Å². The smallest absolute Gasteiger partial charge is 0.269 e. The van der Waals surface area contributed by atoms with Crippen molar-refractivity contribution < 1.29 is 4.92 Å². The van der Waals surface area contributed by atoms with Crippen molar-refractivity contribution in [1.82, 2.24) is 9.88 Å². The lowest BCUT2D eigenvalue weighted by Crippen LogP contribution is -2.17. The second kappa shape index (κ2) is 6.86. The molecule has 2 aromatic rings. The Morgan fingerprint density at radius 1 is 1.25 bits per heavy atom. The summed E-state index contributed by atoms with van der Waals surface area (Å²) in [6.45, 7) is 4.72. The number of nitrogens with zero attached hydrogens (tertiary/aromatic N) is 2. The van der Waals surface area contributed by atoms with Gasteiger partial charge in [-0.1, -0.05) is 19.1 Å². The van der Waals surface area contributed by atoms with Gasteiger partial charge >= 0.3 is 0 Å². The van der Waals surface area contributed by atoms with Crippen LogP contribution in [0.25, 0.3) is 0 Å². The number of non-ortho nitro benzene ring substituents is 1. The third-order valence-electron chi connectivity index (χ3n) is 3.16. The summed E-state index contributed by atoms with van der Waals surface area (Å²) in [5, 5.41) is 14.0. The highest BCUT2D eigenvalue weighted by Gasteiger charge is 2.05. The maximum Gasteiger partial charge on any atom is 0.269 e. The van der Waals surface area contributed by atoms with Crippen LogP contribution in [0.5, 0.6) is 0 Å². The molecule has 5 nitrogen and oxygen atoms in total. The molecule has 0 amide bonds. The summed E-state index contributed by atoms with van der Waals surface area (Å²) in [6.07, 6.45) is 3.15. The first kappa shape index (κ1) is 14.3. The molecule has 1 aromatic carbocycles. The molecule has 1 heterocycles. The van der Waals surface area contributed by atoms with Crippen molar-refractivity contribution in [3.63, 3.8) is 0 Å². The van der Waals surface area contributed by atoms with Gasteiger partial charge in [0.05, 0.1) is 4.92 Å². The Labute approximate surface area is 118 Å². The molecule has 0 fully saturated rings. The van der Waals surface area contributed by atoms with E-state index in [1.165, 1.54) is 5.69 Å². The van der Waals surface area contributed by atoms with Gasteiger partial charge in [0.25, 0.3) is 5.69 Å². The molecular weight excluding hydrogens is 254 g/mol. The fraction of sp³-hybridized carbons (Fsp3) is 0.333. The van der Waals surface area contributed by atoms with Crippen LogP contribution in [0.1, 0.15) is 24.6 Å². The zero-order valence-corrected chi connectivity index (χ0v) is 11.6. The number of benzene rings is 1. The topological polar surface area (TPSA) is 60.1 Å². The van der Waals surface area contributed by atoms with E-state index in [0.29, 0.717) is 0 Å². The Kier molecular flexibility index (Phi) is 4.90. The molecule has 1 N–H and O–H groups in total. The molecule has 0 saturated carbocycles. The molecular formula is C15H19N3O2. The summed E-state index contributed by atoms with van der Waals surface area (Å²) in [4.78, 5) is 10.2. The first-order chi connectivity index (χ1) is 9.70. The number of nitrogens with one attached hydrogen (secondary N) is 1. The van der Waals surface area contributed by atoms with Crippen LogP contribution < -0.4 is 5.32 Å². The average molecular weight is 273 g/mol. The molecule has 106 valence electrons. The van der Waals surface area contributed by atoms with Crippen molar-refractivity contribution in [2.75, 3.05) is 6.54 Å². The van der Waals surface area contributed by atoms with Crippen LogP contribution in [-0.4, -0.2) is 16.0 Å². The lowest BCUT2D eigenvalue weighted by molar-refractivity contribution is -0.384. The molecule has 0 aliphatic rings. The Balaban J connectivity index is 2.02. The Bertz CT molecular complexity index is 561. The molecule has 0 radical (unpaired) electrons. The van der Waals surface area contributed by atoms with Crippen molar-refractivity contribution in [3.05, 3.63) is 64.0 Å². The molecule has 0 atom stereocenters. The molecule has 0 unspecified atom stereocenters. The van der Waals surface area contributed by atoms with Crippen LogP contribution in [0.3, 0.4) is 0 Å². The maximum atomic E-state index is 10.6. The lowest BCUT2D eigenvalue weighted by atomic mass is 10.2. The summed E-state index contributed by atoms with van der Waals surface area (Å²) in [7, 11) is 0. The van der Waals surface area contributed by atoms with Gasteiger partial charge in [0.1, 0.15) is 0 Å². The molecule has 5 heteroatoms. The van der Waals surface area contributed by atoms with Gasteiger partial charge in [-0.3, -0.25) is 10.1 Å². The highest BCUT2D eigenvalue weighted by molar-refractivity contribution is 5.33. The molecule has 1 aromatic heterocycles. The highest BCUT2D eigenvalue weighted by atomic mass is 16.6. The zero-order valence-electron chi connectivity index (χ0n) is 11.6.